The first-order chi connectivity index (χ1) is 42.4. The predicted octanol–water partition coefficient (Wildman–Crippen LogP) is 19.0. The van der Waals surface area contributed by atoms with Gasteiger partial charge in [0.2, 0.25) is 0 Å². The molecule has 0 unspecified atom stereocenters. The van der Waals surface area contributed by atoms with Crippen LogP contribution in [0.25, 0.3) is 94.3 Å². The van der Waals surface area contributed by atoms with Gasteiger partial charge < -0.3 is 14.4 Å². The van der Waals surface area contributed by atoms with Crippen LogP contribution in [0.15, 0.2) is 297 Å². The largest absolute Gasteiger partial charge is 0.311 e. The van der Waals surface area contributed by atoms with Crippen molar-refractivity contribution in [1.29, 1.82) is 5.26 Å². The van der Waals surface area contributed by atoms with Gasteiger partial charge in [-0.25, -0.2) is 8.78 Å². The monoisotopic (exact) mass is 1100 g/mol. The standard InChI is InChI=1S/C79H49BF2N4/c81-69-31-19-32-70(82)78(69)66-40-51(50-83)36-38-73(66)86-71-33-16-13-28-64(71)65-47-56(37-39-72(65)86)61-48-76-79-77(49-61)85(63-45-59(54-24-9-3-10-25-54)42-60(46-63)55-26-11-4-12-27-55)75-35-18-15-30-68(75)80(79)67-29-14-17-34-74(67)84(76)62-43-57(52-20-5-1-6-21-52)41-58(44-62)53-22-7-2-8-23-53/h1-49H. The lowest BCUT2D eigenvalue weighted by molar-refractivity contribution is 0.589. The van der Waals surface area contributed by atoms with Crippen LogP contribution in [0.5, 0.6) is 0 Å². The second-order valence-corrected chi connectivity index (χ2v) is 22.2. The minimum absolute atomic E-state index is 0.132. The Labute approximate surface area is 497 Å². The lowest BCUT2D eigenvalue weighted by atomic mass is 9.33. The molecular weight excluding hydrogens is 1050 g/mol. The highest BCUT2D eigenvalue weighted by molar-refractivity contribution is 7.00. The van der Waals surface area contributed by atoms with Gasteiger partial charge in [-0.1, -0.05) is 188 Å². The van der Waals surface area contributed by atoms with E-state index in [2.05, 4.69) is 263 Å². The molecule has 14 aromatic rings. The molecule has 402 valence electrons. The maximum absolute atomic E-state index is 16.0. The quantitative estimate of drug-likeness (QED) is 0.135. The summed E-state index contributed by atoms with van der Waals surface area (Å²) in [5.74, 6) is -1.41. The van der Waals surface area contributed by atoms with Crippen LogP contribution < -0.4 is 26.2 Å². The zero-order chi connectivity index (χ0) is 57.4. The molecule has 13 aromatic carbocycles. The summed E-state index contributed by atoms with van der Waals surface area (Å²) in [6.07, 6.45) is 0. The molecular formula is C79H49BF2N4. The number of nitriles is 1. The van der Waals surface area contributed by atoms with Crippen molar-refractivity contribution < 1.29 is 8.78 Å². The fraction of sp³-hybridized carbons (Fsp3) is 0. The van der Waals surface area contributed by atoms with E-state index >= 15 is 8.78 Å². The third kappa shape index (κ3) is 8.33. The zero-order valence-electron chi connectivity index (χ0n) is 46.4. The molecule has 0 bridgehead atoms. The lowest BCUT2D eigenvalue weighted by Gasteiger charge is -2.44. The average Bonchev–Trinajstić information content (AvgIpc) is 0.863. The Morgan fingerprint density at radius 3 is 1.26 bits per heavy atom. The molecule has 0 saturated heterocycles. The molecule has 1 aromatic heterocycles. The predicted molar refractivity (Wildman–Crippen MR) is 352 cm³/mol. The fourth-order valence-electron chi connectivity index (χ4n) is 13.5. The van der Waals surface area contributed by atoms with Gasteiger partial charge in [0.15, 0.2) is 0 Å². The highest BCUT2D eigenvalue weighted by Gasteiger charge is 2.44. The number of benzene rings is 13. The zero-order valence-corrected chi connectivity index (χ0v) is 46.4. The molecule has 0 aliphatic carbocycles. The molecule has 0 spiro atoms. The minimum Gasteiger partial charge on any atom is -0.311 e. The second kappa shape index (κ2) is 20.5. The lowest BCUT2D eigenvalue weighted by Crippen LogP contribution is -2.61. The van der Waals surface area contributed by atoms with Crippen molar-refractivity contribution in [3.05, 3.63) is 314 Å². The number of aromatic nitrogens is 1. The van der Waals surface area contributed by atoms with E-state index in [0.29, 0.717) is 11.3 Å². The first kappa shape index (κ1) is 50.4. The number of halogens is 2. The summed E-state index contributed by atoms with van der Waals surface area (Å²) in [5, 5.41) is 12.1. The number of anilines is 6. The Kier molecular flexibility index (Phi) is 12.0. The second-order valence-electron chi connectivity index (χ2n) is 22.2. The number of nitrogens with zero attached hydrogens (tertiary/aromatic N) is 4. The van der Waals surface area contributed by atoms with Gasteiger partial charge in [0.05, 0.1) is 33.9 Å². The highest BCUT2D eigenvalue weighted by Crippen LogP contribution is 2.49. The Morgan fingerprint density at radius 1 is 0.314 bits per heavy atom. The molecule has 0 fully saturated rings. The summed E-state index contributed by atoms with van der Waals surface area (Å²) in [7, 11) is 0. The summed E-state index contributed by atoms with van der Waals surface area (Å²) >= 11 is 0. The number of fused-ring (bicyclic) bond motifs is 7. The molecule has 16 rings (SSSR count). The van der Waals surface area contributed by atoms with Gasteiger partial charge in [-0.15, -0.1) is 0 Å². The SMILES string of the molecule is N#Cc1ccc(-n2c3ccccc3c3cc(-c4cc5c6c(c4)N(c4cc(-c7ccccc7)cc(-c7ccccc7)c4)c4ccccc4B6c4ccccc4N5c4cc(-c5ccccc5)cc(-c5ccccc5)c4)ccc32)c(-c2c(F)cccc2F)c1. The molecule has 0 radical (unpaired) electrons. The fourth-order valence-corrected chi connectivity index (χ4v) is 13.5. The summed E-state index contributed by atoms with van der Waals surface area (Å²) in [5.41, 5.74) is 23.6. The van der Waals surface area contributed by atoms with Crippen LogP contribution in [0.1, 0.15) is 5.56 Å². The van der Waals surface area contributed by atoms with E-state index < -0.39 is 11.6 Å². The van der Waals surface area contributed by atoms with Gasteiger partial charge in [0.1, 0.15) is 11.6 Å². The van der Waals surface area contributed by atoms with Gasteiger partial charge in [-0.2, -0.15) is 5.26 Å². The van der Waals surface area contributed by atoms with Crippen molar-refractivity contribution in [1.82, 2.24) is 4.57 Å². The summed E-state index contributed by atoms with van der Waals surface area (Å²) in [4.78, 5) is 4.99. The van der Waals surface area contributed by atoms with Crippen LogP contribution in [0.2, 0.25) is 0 Å². The number of para-hydroxylation sites is 3. The Hall–Kier alpha value is -11.3. The minimum atomic E-state index is -0.706. The smallest absolute Gasteiger partial charge is 0.252 e. The van der Waals surface area contributed by atoms with Crippen LogP contribution in [0.3, 0.4) is 0 Å². The van der Waals surface area contributed by atoms with Crippen molar-refractivity contribution in [2.24, 2.45) is 0 Å². The summed E-state index contributed by atoms with van der Waals surface area (Å²) in [6, 6.07) is 105. The van der Waals surface area contributed by atoms with Gasteiger partial charge >= 0.3 is 0 Å². The molecule has 4 nitrogen and oxygen atoms in total. The Balaban J connectivity index is 0.991. The topological polar surface area (TPSA) is 35.2 Å². The molecule has 0 N–H and O–H groups in total. The van der Waals surface area contributed by atoms with Crippen molar-refractivity contribution in [2.45, 2.75) is 0 Å². The van der Waals surface area contributed by atoms with Crippen molar-refractivity contribution in [3.8, 4) is 78.5 Å². The van der Waals surface area contributed by atoms with E-state index in [1.54, 1.807) is 18.2 Å². The maximum atomic E-state index is 16.0. The number of rotatable bonds is 9. The summed E-state index contributed by atoms with van der Waals surface area (Å²) < 4.78 is 34.0. The molecule has 86 heavy (non-hydrogen) atoms. The molecule has 7 heteroatoms. The van der Waals surface area contributed by atoms with Crippen LogP contribution in [0.4, 0.5) is 42.9 Å². The summed E-state index contributed by atoms with van der Waals surface area (Å²) in [6.45, 7) is -0.132. The number of hydrogen-bond acceptors (Lipinski definition) is 3. The third-order valence-electron chi connectivity index (χ3n) is 17.3. The van der Waals surface area contributed by atoms with E-state index in [1.807, 2.05) is 18.2 Å². The van der Waals surface area contributed by atoms with E-state index in [0.717, 1.165) is 112 Å². The molecule has 3 heterocycles. The van der Waals surface area contributed by atoms with E-state index in [1.165, 1.54) is 34.6 Å². The van der Waals surface area contributed by atoms with Gasteiger partial charge in [0.25, 0.3) is 6.71 Å². The van der Waals surface area contributed by atoms with Gasteiger partial charge in [0, 0.05) is 50.5 Å². The van der Waals surface area contributed by atoms with Crippen LogP contribution in [0, 0.1) is 23.0 Å². The first-order valence-electron chi connectivity index (χ1n) is 28.9. The van der Waals surface area contributed by atoms with E-state index in [-0.39, 0.29) is 17.8 Å². The Bertz CT molecular complexity index is 4720. The maximum Gasteiger partial charge on any atom is 0.252 e. The highest BCUT2D eigenvalue weighted by atomic mass is 19.1. The molecule has 0 atom stereocenters. The van der Waals surface area contributed by atoms with Crippen LogP contribution in [-0.4, -0.2) is 11.3 Å². The van der Waals surface area contributed by atoms with E-state index in [4.69, 9.17) is 0 Å². The van der Waals surface area contributed by atoms with Crippen molar-refractivity contribution >= 4 is 79.0 Å². The normalized spacial score (nSPS) is 12.2. The van der Waals surface area contributed by atoms with Crippen LogP contribution in [-0.2, 0) is 0 Å². The molecule has 2 aliphatic heterocycles. The Morgan fingerprint density at radius 2 is 0.756 bits per heavy atom. The molecule has 0 amide bonds. The van der Waals surface area contributed by atoms with Crippen LogP contribution >= 0.6 is 0 Å². The van der Waals surface area contributed by atoms with Crippen molar-refractivity contribution in [2.75, 3.05) is 9.80 Å². The van der Waals surface area contributed by atoms with Crippen molar-refractivity contribution in [3.63, 3.8) is 0 Å². The van der Waals surface area contributed by atoms with Gasteiger partial charge in [-0.05, 0) is 181 Å². The molecule has 0 saturated carbocycles. The van der Waals surface area contributed by atoms with E-state index in [9.17, 15) is 5.26 Å². The first-order valence-corrected chi connectivity index (χ1v) is 28.9. The molecule has 2 aliphatic rings. The number of hydrogen-bond donors (Lipinski definition) is 0. The third-order valence-corrected chi connectivity index (χ3v) is 17.3. The average molecular weight is 1100 g/mol. The van der Waals surface area contributed by atoms with Gasteiger partial charge in [-0.3, -0.25) is 0 Å².